The predicted molar refractivity (Wildman–Crippen MR) is 148 cm³/mol. The molecule has 0 bridgehead atoms. The van der Waals surface area contributed by atoms with E-state index in [2.05, 4.69) is 5.32 Å². The Morgan fingerprint density at radius 2 is 1.67 bits per heavy atom. The summed E-state index contributed by atoms with van der Waals surface area (Å²) in [5, 5.41) is 2.99. The minimum absolute atomic E-state index is 0.0625. The number of carbonyl (C=O) groups excluding carboxylic acids is 2. The topological polar surface area (TPSA) is 77.1 Å². The molecule has 2 unspecified atom stereocenters. The lowest BCUT2D eigenvalue weighted by molar-refractivity contribution is -0.121. The number of amides is 2. The first-order valence-electron chi connectivity index (χ1n) is 12.7. The van der Waals surface area contributed by atoms with Crippen LogP contribution in [-0.4, -0.2) is 45.2 Å². The van der Waals surface area contributed by atoms with Gasteiger partial charge < -0.3 is 24.4 Å². The molecule has 2 atom stereocenters. The van der Waals surface area contributed by atoms with Gasteiger partial charge >= 0.3 is 6.09 Å². The molecule has 1 aliphatic rings. The monoisotopic (exact) mass is 532 g/mol. The number of hydrogen-bond acceptors (Lipinski definition) is 5. The fourth-order valence-electron chi connectivity index (χ4n) is 4.84. The second-order valence-electron chi connectivity index (χ2n) is 9.71. The van der Waals surface area contributed by atoms with Crippen molar-refractivity contribution in [2.24, 2.45) is 5.92 Å². The Hall–Kier alpha value is -4.33. The van der Waals surface area contributed by atoms with E-state index in [0.717, 1.165) is 27.8 Å². The molecule has 1 N–H and O–H groups in total. The highest BCUT2D eigenvalue weighted by molar-refractivity contribution is 5.90. The van der Waals surface area contributed by atoms with Crippen LogP contribution in [0, 0.1) is 11.7 Å². The molecule has 3 aromatic rings. The van der Waals surface area contributed by atoms with Crippen LogP contribution < -0.4 is 19.5 Å². The summed E-state index contributed by atoms with van der Waals surface area (Å²) in [6.45, 7) is 2.48. The van der Waals surface area contributed by atoms with E-state index in [1.54, 1.807) is 32.3 Å². The normalized spacial score (nSPS) is 16.9. The highest BCUT2D eigenvalue weighted by atomic mass is 19.1. The zero-order chi connectivity index (χ0) is 28.1. The van der Waals surface area contributed by atoms with E-state index in [9.17, 15) is 14.0 Å². The standard InChI is InChI=1S/C31H33FN2O5/c1-19-24(13-21-14-27(37-4)30(28(15-21)38-5)39-31(36)34(2)3)23-12-11-22(32)16-26(23)25(19)17-29(35)33-18-20-9-7-6-8-10-20/h6-16,19,25H,17-18H2,1-5H3,(H,33,35). The number of halogens is 1. The van der Waals surface area contributed by atoms with Crippen LogP contribution in [0.1, 0.15) is 41.5 Å². The van der Waals surface area contributed by atoms with Crippen molar-refractivity contribution in [3.63, 3.8) is 0 Å². The van der Waals surface area contributed by atoms with Crippen molar-refractivity contribution in [1.82, 2.24) is 10.2 Å². The van der Waals surface area contributed by atoms with Gasteiger partial charge in [-0.05, 0) is 63.9 Å². The van der Waals surface area contributed by atoms with E-state index in [0.29, 0.717) is 18.0 Å². The quantitative estimate of drug-likeness (QED) is 0.392. The van der Waals surface area contributed by atoms with E-state index < -0.39 is 6.09 Å². The largest absolute Gasteiger partial charge is 0.493 e. The maximum atomic E-state index is 14.3. The van der Waals surface area contributed by atoms with E-state index in [4.69, 9.17) is 14.2 Å². The Kier molecular flexibility index (Phi) is 8.54. The van der Waals surface area contributed by atoms with Crippen LogP contribution in [-0.2, 0) is 11.3 Å². The Labute approximate surface area is 228 Å². The van der Waals surface area contributed by atoms with Gasteiger partial charge in [-0.2, -0.15) is 0 Å². The summed E-state index contributed by atoms with van der Waals surface area (Å²) in [7, 11) is 6.14. The molecular weight excluding hydrogens is 499 g/mol. The summed E-state index contributed by atoms with van der Waals surface area (Å²) in [6, 6.07) is 17.9. The van der Waals surface area contributed by atoms with Gasteiger partial charge in [-0.25, -0.2) is 9.18 Å². The number of carbonyl (C=O) groups is 2. The molecule has 4 rings (SSSR count). The highest BCUT2D eigenvalue weighted by Gasteiger charge is 2.35. The predicted octanol–water partition coefficient (Wildman–Crippen LogP) is 5.88. The van der Waals surface area contributed by atoms with Crippen LogP contribution >= 0.6 is 0 Å². The highest BCUT2D eigenvalue weighted by Crippen LogP contribution is 2.49. The smallest absolute Gasteiger partial charge is 0.414 e. The van der Waals surface area contributed by atoms with Crippen molar-refractivity contribution in [3.8, 4) is 17.2 Å². The third kappa shape index (κ3) is 6.22. The van der Waals surface area contributed by atoms with E-state index in [-0.39, 0.29) is 35.7 Å². The van der Waals surface area contributed by atoms with E-state index >= 15 is 0 Å². The second-order valence-corrected chi connectivity index (χ2v) is 9.71. The van der Waals surface area contributed by atoms with Crippen LogP contribution in [0.4, 0.5) is 9.18 Å². The zero-order valence-electron chi connectivity index (χ0n) is 22.8. The average Bonchev–Trinajstić information content (AvgIpc) is 3.17. The molecule has 8 heteroatoms. The van der Waals surface area contributed by atoms with Crippen molar-refractivity contribution in [2.45, 2.75) is 25.8 Å². The Bertz CT molecular complexity index is 1360. The molecule has 7 nitrogen and oxygen atoms in total. The molecule has 0 saturated carbocycles. The zero-order valence-corrected chi connectivity index (χ0v) is 22.8. The Morgan fingerprint density at radius 1 is 1.00 bits per heavy atom. The summed E-state index contributed by atoms with van der Waals surface area (Å²) in [5.41, 5.74) is 4.43. The molecule has 204 valence electrons. The Balaban J connectivity index is 1.64. The van der Waals surface area contributed by atoms with E-state index in [1.807, 2.05) is 43.3 Å². The molecule has 0 aliphatic heterocycles. The number of allylic oxidation sites excluding steroid dienone is 1. The maximum absolute atomic E-state index is 14.3. The molecule has 0 radical (unpaired) electrons. The molecule has 3 aromatic carbocycles. The summed E-state index contributed by atoms with van der Waals surface area (Å²) >= 11 is 0. The van der Waals surface area contributed by atoms with Gasteiger partial charge in [0.1, 0.15) is 5.82 Å². The fourth-order valence-corrected chi connectivity index (χ4v) is 4.84. The molecule has 0 aromatic heterocycles. The van der Waals surface area contributed by atoms with Crippen molar-refractivity contribution < 1.29 is 28.2 Å². The van der Waals surface area contributed by atoms with Gasteiger partial charge in [0.15, 0.2) is 11.5 Å². The first-order chi connectivity index (χ1) is 18.7. The molecule has 0 saturated heterocycles. The van der Waals surface area contributed by atoms with Gasteiger partial charge in [-0.15, -0.1) is 0 Å². The average molecular weight is 533 g/mol. The molecule has 0 spiro atoms. The van der Waals surface area contributed by atoms with Crippen molar-refractivity contribution in [1.29, 1.82) is 0 Å². The minimum Gasteiger partial charge on any atom is -0.493 e. The van der Waals surface area contributed by atoms with Gasteiger partial charge in [0.05, 0.1) is 14.2 Å². The lowest BCUT2D eigenvalue weighted by Gasteiger charge is -2.18. The third-order valence-electron chi connectivity index (χ3n) is 6.92. The summed E-state index contributed by atoms with van der Waals surface area (Å²) in [5.74, 6) is 0.149. The number of hydrogen-bond donors (Lipinski definition) is 1. The van der Waals surface area contributed by atoms with Crippen LogP contribution in [0.5, 0.6) is 17.2 Å². The van der Waals surface area contributed by atoms with Gasteiger partial charge in [-0.1, -0.05) is 49.4 Å². The lowest BCUT2D eigenvalue weighted by atomic mass is 9.88. The molecule has 0 fully saturated rings. The second kappa shape index (κ2) is 12.0. The molecule has 1 aliphatic carbocycles. The number of rotatable bonds is 8. The summed E-state index contributed by atoms with van der Waals surface area (Å²) in [6.07, 6.45) is 1.64. The molecule has 2 amide bonds. The molecule has 39 heavy (non-hydrogen) atoms. The maximum Gasteiger partial charge on any atom is 0.414 e. The van der Waals surface area contributed by atoms with Crippen molar-refractivity contribution >= 4 is 23.6 Å². The molecule has 0 heterocycles. The number of nitrogens with one attached hydrogen (secondary N) is 1. The summed E-state index contributed by atoms with van der Waals surface area (Å²) < 4.78 is 30.8. The number of ether oxygens (including phenoxy) is 3. The molecular formula is C31H33FN2O5. The van der Waals surface area contributed by atoms with Gasteiger partial charge in [-0.3, -0.25) is 4.79 Å². The lowest BCUT2D eigenvalue weighted by Crippen LogP contribution is -2.25. The van der Waals surface area contributed by atoms with E-state index in [1.165, 1.54) is 31.3 Å². The van der Waals surface area contributed by atoms with Crippen LogP contribution in [0.2, 0.25) is 0 Å². The first kappa shape index (κ1) is 27.7. The SMILES string of the molecule is COc1cc(C=C2c3ccc(F)cc3C(CC(=O)NCc3ccccc3)C2C)cc(OC)c1OC(=O)N(C)C. The van der Waals surface area contributed by atoms with Crippen molar-refractivity contribution in [2.75, 3.05) is 28.3 Å². The first-order valence-corrected chi connectivity index (χ1v) is 12.7. The number of nitrogens with zero attached hydrogens (tertiary/aromatic N) is 1. The summed E-state index contributed by atoms with van der Waals surface area (Å²) in [4.78, 5) is 26.4. The fraction of sp³-hybridized carbons (Fsp3) is 0.290. The Morgan fingerprint density at radius 3 is 2.28 bits per heavy atom. The minimum atomic E-state index is -0.563. The van der Waals surface area contributed by atoms with Crippen LogP contribution in [0.15, 0.2) is 60.7 Å². The van der Waals surface area contributed by atoms with Gasteiger partial charge in [0.25, 0.3) is 0 Å². The number of fused-ring (bicyclic) bond motifs is 1. The van der Waals surface area contributed by atoms with Crippen molar-refractivity contribution in [3.05, 3.63) is 88.7 Å². The third-order valence-corrected chi connectivity index (χ3v) is 6.92. The number of methoxy groups -OCH3 is 2. The van der Waals surface area contributed by atoms with Crippen LogP contribution in [0.3, 0.4) is 0 Å². The van der Waals surface area contributed by atoms with Gasteiger partial charge in [0.2, 0.25) is 11.7 Å². The van der Waals surface area contributed by atoms with Crippen LogP contribution in [0.25, 0.3) is 11.6 Å². The van der Waals surface area contributed by atoms with Gasteiger partial charge in [0, 0.05) is 27.1 Å². The number of benzene rings is 3.